The summed E-state index contributed by atoms with van der Waals surface area (Å²) in [6.07, 6.45) is 3.98. The van der Waals surface area contributed by atoms with Crippen molar-refractivity contribution in [2.45, 2.75) is 53.0 Å². The molecule has 2 atom stereocenters. The number of rotatable bonds is 10. The summed E-state index contributed by atoms with van der Waals surface area (Å²) >= 11 is 0. The third-order valence-electron chi connectivity index (χ3n) is 4.14. The Hall–Kier alpha value is -2.48. The summed E-state index contributed by atoms with van der Waals surface area (Å²) in [5.41, 5.74) is -0.548. The first-order chi connectivity index (χ1) is 12.7. The van der Waals surface area contributed by atoms with Gasteiger partial charge in [0.25, 0.3) is 0 Å². The maximum atomic E-state index is 12.8. The molecular formula is C19H30N4O4. The minimum absolute atomic E-state index is 0.117. The van der Waals surface area contributed by atoms with Crippen LogP contribution in [0.5, 0.6) is 0 Å². The van der Waals surface area contributed by atoms with E-state index in [1.54, 1.807) is 24.4 Å². The number of anilines is 1. The van der Waals surface area contributed by atoms with Crippen LogP contribution in [0.4, 0.5) is 5.82 Å². The van der Waals surface area contributed by atoms with Crippen LogP contribution in [0.25, 0.3) is 0 Å². The van der Waals surface area contributed by atoms with Crippen LogP contribution in [0.2, 0.25) is 0 Å². The monoisotopic (exact) mass is 378 g/mol. The molecular weight excluding hydrogens is 348 g/mol. The molecule has 8 heteroatoms. The summed E-state index contributed by atoms with van der Waals surface area (Å²) < 4.78 is 0. The second-order valence-electron chi connectivity index (χ2n) is 7.58. The van der Waals surface area contributed by atoms with E-state index in [4.69, 9.17) is 0 Å². The number of aromatic nitrogens is 1. The van der Waals surface area contributed by atoms with Crippen LogP contribution in [0.1, 0.15) is 47.0 Å². The Balaban J connectivity index is 2.90. The second-order valence-corrected chi connectivity index (χ2v) is 7.58. The molecule has 8 nitrogen and oxygen atoms in total. The standard InChI is InChI=1S/C19H30N4O4/c1-5-6-9-14(12-23(27)13-24)17(25)22-16(19(2,3)4)18(26)21-15-10-7-8-11-20-15/h7-8,10-11,13-14,16,27H,5-6,9,12H2,1-4H3,(H,22,25)(H,20,21,26)/t14?,16-/m1/s1. The number of hydrogen-bond donors (Lipinski definition) is 3. The Bertz CT molecular complexity index is 616. The highest BCUT2D eigenvalue weighted by atomic mass is 16.5. The third kappa shape index (κ3) is 7.74. The van der Waals surface area contributed by atoms with E-state index in [0.29, 0.717) is 17.3 Å². The zero-order chi connectivity index (χ0) is 20.4. The summed E-state index contributed by atoms with van der Waals surface area (Å²) in [4.78, 5) is 40.2. The molecule has 1 aromatic rings. The number of carbonyl (C=O) groups is 3. The maximum Gasteiger partial charge on any atom is 0.248 e. The van der Waals surface area contributed by atoms with E-state index in [9.17, 15) is 19.6 Å². The number of hydroxylamine groups is 2. The number of pyridine rings is 1. The summed E-state index contributed by atoms with van der Waals surface area (Å²) in [7, 11) is 0. The van der Waals surface area contributed by atoms with Gasteiger partial charge in [0.2, 0.25) is 18.2 Å². The van der Waals surface area contributed by atoms with Gasteiger partial charge in [-0.3, -0.25) is 19.6 Å². The predicted octanol–water partition coefficient (Wildman–Crippen LogP) is 2.21. The summed E-state index contributed by atoms with van der Waals surface area (Å²) in [6, 6.07) is 4.35. The molecule has 1 heterocycles. The van der Waals surface area contributed by atoms with E-state index in [0.717, 1.165) is 12.8 Å². The Morgan fingerprint density at radius 2 is 2.00 bits per heavy atom. The highest BCUT2D eigenvalue weighted by Gasteiger charge is 2.35. The Labute approximate surface area is 160 Å². The fourth-order valence-electron chi connectivity index (χ4n) is 2.60. The fourth-order valence-corrected chi connectivity index (χ4v) is 2.60. The lowest BCUT2D eigenvalue weighted by molar-refractivity contribution is -0.155. The van der Waals surface area contributed by atoms with E-state index in [2.05, 4.69) is 15.6 Å². The van der Waals surface area contributed by atoms with Gasteiger partial charge in [-0.1, -0.05) is 46.6 Å². The van der Waals surface area contributed by atoms with Crippen molar-refractivity contribution in [3.8, 4) is 0 Å². The Morgan fingerprint density at radius 1 is 1.30 bits per heavy atom. The molecule has 1 unspecified atom stereocenters. The van der Waals surface area contributed by atoms with Gasteiger partial charge < -0.3 is 10.6 Å². The second kappa shape index (κ2) is 10.6. The molecule has 0 saturated heterocycles. The van der Waals surface area contributed by atoms with Crippen molar-refractivity contribution in [2.24, 2.45) is 11.3 Å². The van der Waals surface area contributed by atoms with Gasteiger partial charge in [-0.2, -0.15) is 0 Å². The average molecular weight is 378 g/mol. The minimum atomic E-state index is -0.806. The molecule has 0 aliphatic rings. The fraction of sp³-hybridized carbons (Fsp3) is 0.579. The van der Waals surface area contributed by atoms with Crippen LogP contribution in [0, 0.1) is 11.3 Å². The quantitative estimate of drug-likeness (QED) is 0.328. The van der Waals surface area contributed by atoms with Crippen LogP contribution < -0.4 is 10.6 Å². The summed E-state index contributed by atoms with van der Waals surface area (Å²) in [5, 5.41) is 15.4. The van der Waals surface area contributed by atoms with Gasteiger partial charge in [0.1, 0.15) is 11.9 Å². The first kappa shape index (κ1) is 22.6. The van der Waals surface area contributed by atoms with Crippen LogP contribution >= 0.6 is 0 Å². The van der Waals surface area contributed by atoms with Gasteiger partial charge in [0, 0.05) is 6.20 Å². The molecule has 1 rings (SSSR count). The molecule has 0 spiro atoms. The van der Waals surface area contributed by atoms with Gasteiger partial charge in [-0.25, -0.2) is 10.0 Å². The van der Waals surface area contributed by atoms with Crippen LogP contribution in [0.3, 0.4) is 0 Å². The zero-order valence-electron chi connectivity index (χ0n) is 16.4. The number of nitrogens with one attached hydrogen (secondary N) is 2. The molecule has 0 bridgehead atoms. The molecule has 0 aliphatic heterocycles. The number of unbranched alkanes of at least 4 members (excludes halogenated alkanes) is 1. The van der Waals surface area contributed by atoms with Crippen molar-refractivity contribution in [2.75, 3.05) is 11.9 Å². The number of carbonyl (C=O) groups excluding carboxylic acids is 3. The molecule has 150 valence electrons. The normalized spacial score (nSPS) is 13.4. The first-order valence-corrected chi connectivity index (χ1v) is 9.12. The van der Waals surface area contributed by atoms with E-state index < -0.39 is 17.4 Å². The van der Waals surface area contributed by atoms with Gasteiger partial charge in [-0.15, -0.1) is 0 Å². The molecule has 0 aliphatic carbocycles. The molecule has 1 aromatic heterocycles. The van der Waals surface area contributed by atoms with E-state index in [1.165, 1.54) is 0 Å². The summed E-state index contributed by atoms with van der Waals surface area (Å²) in [5.74, 6) is -0.954. The van der Waals surface area contributed by atoms with Crippen molar-refractivity contribution in [3.05, 3.63) is 24.4 Å². The van der Waals surface area contributed by atoms with Crippen molar-refractivity contribution >= 4 is 24.0 Å². The molecule has 0 saturated carbocycles. The SMILES string of the molecule is CCCCC(CN(O)C=O)C(=O)N[C@H](C(=O)Nc1ccccn1)C(C)(C)C. The van der Waals surface area contributed by atoms with Gasteiger partial charge in [0.15, 0.2) is 0 Å². The number of nitrogens with zero attached hydrogens (tertiary/aromatic N) is 2. The highest BCUT2D eigenvalue weighted by molar-refractivity contribution is 5.97. The largest absolute Gasteiger partial charge is 0.343 e. The third-order valence-corrected chi connectivity index (χ3v) is 4.14. The van der Waals surface area contributed by atoms with Gasteiger partial charge >= 0.3 is 0 Å². The van der Waals surface area contributed by atoms with Crippen LogP contribution in [-0.2, 0) is 14.4 Å². The van der Waals surface area contributed by atoms with Crippen molar-refractivity contribution in [1.82, 2.24) is 15.4 Å². The summed E-state index contributed by atoms with van der Waals surface area (Å²) in [6.45, 7) is 7.42. The van der Waals surface area contributed by atoms with E-state index in [1.807, 2.05) is 27.7 Å². The Morgan fingerprint density at radius 3 is 2.52 bits per heavy atom. The molecule has 3 amide bonds. The van der Waals surface area contributed by atoms with Gasteiger partial charge in [0.05, 0.1) is 12.5 Å². The molecule has 3 N–H and O–H groups in total. The lowest BCUT2D eigenvalue weighted by Gasteiger charge is -2.32. The molecule has 0 fully saturated rings. The van der Waals surface area contributed by atoms with E-state index >= 15 is 0 Å². The maximum absolute atomic E-state index is 12.8. The van der Waals surface area contributed by atoms with Crippen molar-refractivity contribution in [3.63, 3.8) is 0 Å². The lowest BCUT2D eigenvalue weighted by atomic mass is 9.85. The van der Waals surface area contributed by atoms with Crippen molar-refractivity contribution < 1.29 is 19.6 Å². The smallest absolute Gasteiger partial charge is 0.248 e. The zero-order valence-corrected chi connectivity index (χ0v) is 16.4. The van der Waals surface area contributed by atoms with E-state index in [-0.39, 0.29) is 24.8 Å². The predicted molar refractivity (Wildman–Crippen MR) is 102 cm³/mol. The topological polar surface area (TPSA) is 112 Å². The van der Waals surface area contributed by atoms with Crippen LogP contribution in [0.15, 0.2) is 24.4 Å². The van der Waals surface area contributed by atoms with Gasteiger partial charge in [-0.05, 0) is 24.0 Å². The molecule has 0 radical (unpaired) electrons. The lowest BCUT2D eigenvalue weighted by Crippen LogP contribution is -2.53. The van der Waals surface area contributed by atoms with Crippen LogP contribution in [-0.4, -0.2) is 46.1 Å². The minimum Gasteiger partial charge on any atom is -0.343 e. The first-order valence-electron chi connectivity index (χ1n) is 9.12. The molecule has 0 aromatic carbocycles. The highest BCUT2D eigenvalue weighted by Crippen LogP contribution is 2.22. The number of hydrogen-bond acceptors (Lipinski definition) is 5. The Kier molecular flexibility index (Phi) is 8.87. The molecule has 27 heavy (non-hydrogen) atoms. The number of amides is 3. The van der Waals surface area contributed by atoms with Crippen molar-refractivity contribution in [1.29, 1.82) is 0 Å². The average Bonchev–Trinajstić information content (AvgIpc) is 2.62.